The molecule has 0 aromatic heterocycles. The second kappa shape index (κ2) is 10.7. The molecule has 3 rings (SSSR count). The van der Waals surface area contributed by atoms with E-state index in [1.54, 1.807) is 20.8 Å². The van der Waals surface area contributed by atoms with Crippen LogP contribution in [-0.2, 0) is 14.3 Å². The number of hydrogen-bond donors (Lipinski definition) is 2. The number of carbonyl (C=O) groups excluding carboxylic acids is 2. The van der Waals surface area contributed by atoms with Crippen molar-refractivity contribution >= 4 is 29.3 Å². The lowest BCUT2D eigenvalue weighted by molar-refractivity contribution is -0.142. The highest BCUT2D eigenvalue weighted by atomic mass is 32.2. The Morgan fingerprint density at radius 3 is 2.38 bits per heavy atom. The van der Waals surface area contributed by atoms with E-state index in [0.717, 1.165) is 5.56 Å². The largest absolute Gasteiger partial charge is 0.465 e. The number of ether oxygens (including phenoxy) is 1. The molecule has 6 nitrogen and oxygen atoms in total. The summed E-state index contributed by atoms with van der Waals surface area (Å²) in [5, 5.41) is 16.3. The van der Waals surface area contributed by atoms with Crippen molar-refractivity contribution in [3.63, 3.8) is 0 Å². The fourth-order valence-corrected chi connectivity index (χ4v) is 4.51. The summed E-state index contributed by atoms with van der Waals surface area (Å²) in [5.41, 5.74) is 2.98. The maximum atomic E-state index is 13.3. The van der Waals surface area contributed by atoms with E-state index in [0.29, 0.717) is 27.6 Å². The number of nitrogens with zero attached hydrogens (tertiary/aromatic N) is 1. The lowest BCUT2D eigenvalue weighted by atomic mass is 9.82. The number of benzene rings is 2. The Bertz CT molecular complexity index is 1090. The monoisotopic (exact) mass is 447 g/mol. The number of allylic oxidation sites excluding steroid dienone is 2. The highest BCUT2D eigenvalue weighted by Gasteiger charge is 2.35. The van der Waals surface area contributed by atoms with Gasteiger partial charge in [-0.2, -0.15) is 5.26 Å². The number of nitrogens with one attached hydrogen (secondary N) is 2. The first-order valence-electron chi connectivity index (χ1n) is 10.3. The van der Waals surface area contributed by atoms with Crippen molar-refractivity contribution in [2.45, 2.75) is 31.9 Å². The van der Waals surface area contributed by atoms with Crippen molar-refractivity contribution in [2.24, 2.45) is 0 Å². The van der Waals surface area contributed by atoms with Gasteiger partial charge in [-0.05, 0) is 38.5 Å². The van der Waals surface area contributed by atoms with Crippen molar-refractivity contribution in [1.82, 2.24) is 5.32 Å². The van der Waals surface area contributed by atoms with Crippen LogP contribution in [0.4, 0.5) is 5.69 Å². The van der Waals surface area contributed by atoms with Crippen molar-refractivity contribution in [2.75, 3.05) is 11.9 Å². The maximum Gasteiger partial charge on any atom is 0.319 e. The minimum atomic E-state index is -0.567. The van der Waals surface area contributed by atoms with E-state index in [1.807, 2.05) is 60.7 Å². The topological polar surface area (TPSA) is 91.2 Å². The Hall–Kier alpha value is -3.50. The minimum absolute atomic E-state index is 0.287. The summed E-state index contributed by atoms with van der Waals surface area (Å²) in [6.07, 6.45) is 0. The summed E-state index contributed by atoms with van der Waals surface area (Å²) in [4.78, 5) is 25.5. The highest BCUT2D eigenvalue weighted by Crippen LogP contribution is 2.41. The normalized spacial score (nSPS) is 16.6. The molecule has 1 amide bonds. The van der Waals surface area contributed by atoms with Gasteiger partial charge in [0.15, 0.2) is 0 Å². The van der Waals surface area contributed by atoms with Gasteiger partial charge in [0.2, 0.25) is 0 Å². The van der Waals surface area contributed by atoms with E-state index in [2.05, 4.69) is 16.7 Å². The van der Waals surface area contributed by atoms with Gasteiger partial charge in [-0.25, -0.2) is 0 Å². The highest BCUT2D eigenvalue weighted by molar-refractivity contribution is 8.04. The van der Waals surface area contributed by atoms with Crippen LogP contribution in [0.15, 0.2) is 82.5 Å². The second-order valence-electron chi connectivity index (χ2n) is 7.19. The first-order chi connectivity index (χ1) is 15.5. The average molecular weight is 448 g/mol. The van der Waals surface area contributed by atoms with E-state index < -0.39 is 11.2 Å². The molecule has 0 saturated heterocycles. The van der Waals surface area contributed by atoms with E-state index in [1.165, 1.54) is 11.8 Å². The van der Waals surface area contributed by atoms with Gasteiger partial charge in [0.1, 0.15) is 5.25 Å². The van der Waals surface area contributed by atoms with E-state index in [-0.39, 0.29) is 18.5 Å². The van der Waals surface area contributed by atoms with Gasteiger partial charge in [-0.3, -0.25) is 9.59 Å². The summed E-state index contributed by atoms with van der Waals surface area (Å²) in [6.45, 7) is 5.58. The molecule has 32 heavy (non-hydrogen) atoms. The molecule has 0 fully saturated rings. The molecule has 2 atom stereocenters. The molecule has 0 bridgehead atoms. The predicted octanol–water partition coefficient (Wildman–Crippen LogP) is 4.71. The smallest absolute Gasteiger partial charge is 0.319 e. The number of dihydropyridines is 1. The predicted molar refractivity (Wildman–Crippen MR) is 126 cm³/mol. The number of amides is 1. The van der Waals surface area contributed by atoms with Crippen LogP contribution in [-0.4, -0.2) is 23.7 Å². The van der Waals surface area contributed by atoms with Gasteiger partial charge >= 0.3 is 5.97 Å². The fraction of sp³-hybridized carbons (Fsp3) is 0.240. The summed E-state index contributed by atoms with van der Waals surface area (Å²) in [6, 6.07) is 20.9. The minimum Gasteiger partial charge on any atom is -0.465 e. The molecule has 1 aliphatic heterocycles. The zero-order chi connectivity index (χ0) is 23.1. The van der Waals surface area contributed by atoms with E-state index in [4.69, 9.17) is 4.74 Å². The number of anilines is 1. The molecule has 164 valence electrons. The summed E-state index contributed by atoms with van der Waals surface area (Å²) in [7, 11) is 0. The van der Waals surface area contributed by atoms with Crippen LogP contribution >= 0.6 is 11.8 Å². The first-order valence-corrected chi connectivity index (χ1v) is 11.2. The lowest BCUT2D eigenvalue weighted by Gasteiger charge is -2.30. The first kappa shape index (κ1) is 23.2. The van der Waals surface area contributed by atoms with Crippen LogP contribution in [0.5, 0.6) is 0 Å². The van der Waals surface area contributed by atoms with Gasteiger partial charge in [0.25, 0.3) is 5.91 Å². The molecule has 1 aliphatic rings. The molecular formula is C25H25N3O3S. The SMILES string of the molecule is CCOC(=O)C(C)SC1=C(C#N)C(c2ccccc2)C(C(=O)Nc2ccccc2)=C(C)N1. The number of hydrogen-bond acceptors (Lipinski definition) is 6. The number of rotatable bonds is 7. The third-order valence-corrected chi connectivity index (χ3v) is 6.07. The third kappa shape index (κ3) is 5.21. The number of thioether (sulfide) groups is 1. The van der Waals surface area contributed by atoms with Gasteiger partial charge in [-0.1, -0.05) is 60.3 Å². The third-order valence-electron chi connectivity index (χ3n) is 4.97. The van der Waals surface area contributed by atoms with Crippen LogP contribution < -0.4 is 10.6 Å². The van der Waals surface area contributed by atoms with E-state index in [9.17, 15) is 14.9 Å². The van der Waals surface area contributed by atoms with Crippen LogP contribution in [0, 0.1) is 11.3 Å². The van der Waals surface area contributed by atoms with Gasteiger partial charge in [0.05, 0.1) is 29.2 Å². The molecule has 2 N–H and O–H groups in total. The standard InChI is InChI=1S/C25H25N3O3S/c1-4-31-25(30)17(3)32-24-20(15-26)22(18-11-7-5-8-12-18)21(16(2)27-24)23(29)28-19-13-9-6-10-14-19/h5-14,17,22,27H,4H2,1-3H3,(H,28,29). The Balaban J connectivity index is 2.02. The average Bonchev–Trinajstić information content (AvgIpc) is 2.80. The Morgan fingerprint density at radius 1 is 1.16 bits per heavy atom. The molecule has 1 heterocycles. The van der Waals surface area contributed by atoms with Crippen LogP contribution in [0.2, 0.25) is 0 Å². The second-order valence-corrected chi connectivity index (χ2v) is 8.55. The molecule has 2 aromatic carbocycles. The van der Waals surface area contributed by atoms with E-state index >= 15 is 0 Å². The van der Waals surface area contributed by atoms with Gasteiger partial charge < -0.3 is 15.4 Å². The Labute approximate surface area is 192 Å². The number of esters is 1. The van der Waals surface area contributed by atoms with Crippen LogP contribution in [0.3, 0.4) is 0 Å². The number of nitriles is 1. The number of para-hydroxylation sites is 1. The molecule has 2 unspecified atom stereocenters. The quantitative estimate of drug-likeness (QED) is 0.598. The summed E-state index contributed by atoms with van der Waals surface area (Å²) in [5.74, 6) is -1.21. The zero-order valence-corrected chi connectivity index (χ0v) is 19.0. The van der Waals surface area contributed by atoms with Gasteiger partial charge in [-0.15, -0.1) is 0 Å². The molecular weight excluding hydrogens is 422 g/mol. The molecule has 7 heteroatoms. The Morgan fingerprint density at radius 2 is 1.78 bits per heavy atom. The molecule has 0 spiro atoms. The Kier molecular flexibility index (Phi) is 7.74. The number of carbonyl (C=O) groups is 2. The van der Waals surface area contributed by atoms with Crippen LogP contribution in [0.25, 0.3) is 0 Å². The van der Waals surface area contributed by atoms with Gasteiger partial charge in [0, 0.05) is 17.0 Å². The zero-order valence-electron chi connectivity index (χ0n) is 18.2. The summed E-state index contributed by atoms with van der Waals surface area (Å²) < 4.78 is 5.11. The molecule has 2 aromatic rings. The van der Waals surface area contributed by atoms with Crippen molar-refractivity contribution in [3.05, 3.63) is 88.1 Å². The summed E-state index contributed by atoms with van der Waals surface area (Å²) >= 11 is 1.23. The van der Waals surface area contributed by atoms with Crippen LogP contribution in [0.1, 0.15) is 32.3 Å². The van der Waals surface area contributed by atoms with Crippen molar-refractivity contribution in [1.29, 1.82) is 5.26 Å². The molecule has 0 saturated carbocycles. The maximum absolute atomic E-state index is 13.3. The van der Waals surface area contributed by atoms with Crippen molar-refractivity contribution < 1.29 is 14.3 Å². The molecule has 0 radical (unpaired) electrons. The van der Waals surface area contributed by atoms with Crippen molar-refractivity contribution in [3.8, 4) is 6.07 Å². The lowest BCUT2D eigenvalue weighted by Crippen LogP contribution is -2.31. The molecule has 0 aliphatic carbocycles. The fourth-order valence-electron chi connectivity index (χ4n) is 3.49.